The highest BCUT2D eigenvalue weighted by atomic mass is 16.5. The van der Waals surface area contributed by atoms with Crippen LogP contribution in [-0.4, -0.2) is 84.4 Å². The molecule has 9 nitrogen and oxygen atoms in total. The number of benzene rings is 2. The summed E-state index contributed by atoms with van der Waals surface area (Å²) in [5.74, 6) is 2.04. The van der Waals surface area contributed by atoms with Gasteiger partial charge in [0.2, 0.25) is 5.91 Å². The summed E-state index contributed by atoms with van der Waals surface area (Å²) < 4.78 is 29.0. The summed E-state index contributed by atoms with van der Waals surface area (Å²) >= 11 is 0. The zero-order valence-electron chi connectivity index (χ0n) is 26.9. The molecule has 3 aliphatic heterocycles. The molecule has 44 heavy (non-hydrogen) atoms. The Morgan fingerprint density at radius 2 is 1.98 bits per heavy atom. The molecule has 0 unspecified atom stereocenters. The van der Waals surface area contributed by atoms with E-state index in [1.165, 1.54) is 5.56 Å². The van der Waals surface area contributed by atoms with E-state index in [0.29, 0.717) is 26.3 Å². The normalized spacial score (nSPS) is 23.6. The van der Waals surface area contributed by atoms with Gasteiger partial charge in [-0.05, 0) is 67.5 Å². The molecule has 2 N–H and O–H groups in total. The summed E-state index contributed by atoms with van der Waals surface area (Å²) in [7, 11) is 3.44. The number of carbonyl (C=O) groups is 1. The van der Waals surface area contributed by atoms with Crippen LogP contribution < -0.4 is 25.0 Å². The Kier molecular flexibility index (Phi) is 11.4. The van der Waals surface area contributed by atoms with E-state index in [4.69, 9.17) is 23.7 Å². The lowest BCUT2D eigenvalue weighted by atomic mass is 9.77. The minimum Gasteiger partial charge on any atom is -0.497 e. The second-order valence-corrected chi connectivity index (χ2v) is 13.0. The minimum atomic E-state index is -0.505. The summed E-state index contributed by atoms with van der Waals surface area (Å²) in [6, 6.07) is 14.9. The molecule has 5 rings (SSSR count). The molecule has 2 aromatic carbocycles. The number of methoxy groups -OCH3 is 2. The maximum absolute atomic E-state index is 13.2. The van der Waals surface area contributed by atoms with Gasteiger partial charge < -0.3 is 39.2 Å². The Morgan fingerprint density at radius 1 is 1.14 bits per heavy atom. The Balaban J connectivity index is 1.24. The largest absolute Gasteiger partial charge is 0.497 e. The van der Waals surface area contributed by atoms with Crippen LogP contribution >= 0.6 is 0 Å². The molecule has 2 aromatic rings. The van der Waals surface area contributed by atoms with Crippen LogP contribution in [0.15, 0.2) is 42.5 Å². The van der Waals surface area contributed by atoms with Gasteiger partial charge >= 0.3 is 0 Å². The Bertz CT molecular complexity index is 1200. The summed E-state index contributed by atoms with van der Waals surface area (Å²) in [6.07, 6.45) is 4.81. The van der Waals surface area contributed by atoms with E-state index in [1.807, 2.05) is 26.0 Å². The van der Waals surface area contributed by atoms with Crippen molar-refractivity contribution >= 4 is 11.6 Å². The highest BCUT2D eigenvalue weighted by molar-refractivity contribution is 5.81. The van der Waals surface area contributed by atoms with E-state index in [1.54, 1.807) is 14.2 Å². The van der Waals surface area contributed by atoms with Crippen LogP contribution in [0.4, 0.5) is 5.69 Å². The molecule has 9 heteroatoms. The molecule has 0 aliphatic carbocycles. The second-order valence-electron chi connectivity index (χ2n) is 13.0. The lowest BCUT2D eigenvalue weighted by molar-refractivity contribution is -0.130. The van der Waals surface area contributed by atoms with E-state index < -0.39 is 5.41 Å². The molecule has 2 fully saturated rings. The number of nitrogens with one attached hydrogen (secondary N) is 2. The molecule has 0 bridgehead atoms. The van der Waals surface area contributed by atoms with Gasteiger partial charge in [0.1, 0.15) is 18.1 Å². The van der Waals surface area contributed by atoms with Gasteiger partial charge in [0.15, 0.2) is 0 Å². The Labute approximate surface area is 262 Å². The number of ether oxygens (including phenoxy) is 5. The predicted molar refractivity (Wildman–Crippen MR) is 172 cm³/mol. The number of hydrogen-bond donors (Lipinski definition) is 2. The average molecular weight is 610 g/mol. The predicted octanol–water partition coefficient (Wildman–Crippen LogP) is 4.67. The van der Waals surface area contributed by atoms with Crippen molar-refractivity contribution < 1.29 is 28.5 Å². The summed E-state index contributed by atoms with van der Waals surface area (Å²) in [5.41, 5.74) is 2.98. The van der Waals surface area contributed by atoms with Crippen LogP contribution in [0, 0.1) is 5.41 Å². The monoisotopic (exact) mass is 609 g/mol. The van der Waals surface area contributed by atoms with E-state index in [0.717, 1.165) is 81.2 Å². The molecule has 0 radical (unpaired) electrons. The zero-order chi connectivity index (χ0) is 30.9. The van der Waals surface area contributed by atoms with Crippen molar-refractivity contribution in [2.24, 2.45) is 5.41 Å². The molecule has 3 heterocycles. The lowest BCUT2D eigenvalue weighted by Gasteiger charge is -2.40. The topological polar surface area (TPSA) is 90.5 Å². The lowest BCUT2D eigenvalue weighted by Crippen LogP contribution is -2.50. The molecule has 4 atom stereocenters. The zero-order valence-corrected chi connectivity index (χ0v) is 26.9. The second kappa shape index (κ2) is 15.4. The smallest absolute Gasteiger partial charge is 0.225 e. The maximum atomic E-state index is 13.2. The fraction of sp³-hybridized carbons (Fsp3) is 0.629. The van der Waals surface area contributed by atoms with Gasteiger partial charge in [0.25, 0.3) is 0 Å². The molecule has 3 aliphatic rings. The number of fused-ring (bicyclic) bond motifs is 1. The van der Waals surface area contributed by atoms with Gasteiger partial charge in [0.05, 0.1) is 38.2 Å². The van der Waals surface area contributed by atoms with E-state index >= 15 is 0 Å². The third kappa shape index (κ3) is 8.44. The van der Waals surface area contributed by atoms with E-state index in [9.17, 15) is 4.79 Å². The quantitative estimate of drug-likeness (QED) is 0.299. The first kappa shape index (κ1) is 32.5. The molecular weight excluding hydrogens is 558 g/mol. The van der Waals surface area contributed by atoms with Gasteiger partial charge in [-0.3, -0.25) is 4.79 Å². The maximum Gasteiger partial charge on any atom is 0.225 e. The third-order valence-corrected chi connectivity index (χ3v) is 9.25. The number of carbonyl (C=O) groups excluding carboxylic acids is 1. The minimum absolute atomic E-state index is 0.0128. The number of hydrogen-bond acceptors (Lipinski definition) is 8. The van der Waals surface area contributed by atoms with Crippen molar-refractivity contribution in [3.63, 3.8) is 0 Å². The van der Waals surface area contributed by atoms with Crippen LogP contribution in [-0.2, 0) is 25.6 Å². The van der Waals surface area contributed by atoms with E-state index in [2.05, 4.69) is 45.9 Å². The van der Waals surface area contributed by atoms with Crippen LogP contribution in [0.2, 0.25) is 0 Å². The van der Waals surface area contributed by atoms with Gasteiger partial charge in [-0.25, -0.2) is 0 Å². The van der Waals surface area contributed by atoms with E-state index in [-0.39, 0.29) is 30.1 Å². The highest BCUT2D eigenvalue weighted by Gasteiger charge is 2.37. The van der Waals surface area contributed by atoms with Crippen molar-refractivity contribution in [1.82, 2.24) is 10.6 Å². The first-order valence-electron chi connectivity index (χ1n) is 16.2. The van der Waals surface area contributed by atoms with Crippen molar-refractivity contribution in [2.75, 3.05) is 65.1 Å². The highest BCUT2D eigenvalue weighted by Crippen LogP contribution is 2.37. The first-order valence-corrected chi connectivity index (χ1v) is 16.2. The Hall–Kier alpha value is -2.85. The third-order valence-electron chi connectivity index (χ3n) is 9.25. The molecule has 0 spiro atoms. The Morgan fingerprint density at radius 3 is 2.73 bits per heavy atom. The molecule has 242 valence electrons. The van der Waals surface area contributed by atoms with Crippen LogP contribution in [0.1, 0.15) is 63.0 Å². The van der Waals surface area contributed by atoms with Crippen molar-refractivity contribution in [3.05, 3.63) is 53.6 Å². The number of amides is 1. The fourth-order valence-electron chi connectivity index (χ4n) is 6.70. The van der Waals surface area contributed by atoms with Gasteiger partial charge in [-0.2, -0.15) is 0 Å². The summed E-state index contributed by atoms with van der Waals surface area (Å²) in [4.78, 5) is 15.6. The standard InChI is InChI=1S/C35H51N3O6/c1-35(2,34(39)37-22-29-7-5-17-42-29)21-27-20-30(26-9-11-28(41-4)12-10-26)33(23-36-27)44-24-25-8-13-32-31(19-25)38(15-18-43-32)14-6-16-40-3/h8-13,19,27,29-30,33,36H,5-7,14-18,20-24H2,1-4H3,(H,37,39)/t27-,29-,30+,33-/m0/s1. The van der Waals surface area contributed by atoms with Gasteiger partial charge in [-0.15, -0.1) is 0 Å². The molecule has 0 aromatic heterocycles. The molecule has 2 saturated heterocycles. The van der Waals surface area contributed by atoms with Crippen LogP contribution in [0.5, 0.6) is 11.5 Å². The van der Waals surface area contributed by atoms with Crippen LogP contribution in [0.25, 0.3) is 0 Å². The van der Waals surface area contributed by atoms with Gasteiger partial charge in [-0.1, -0.05) is 32.0 Å². The fourth-order valence-corrected chi connectivity index (χ4v) is 6.70. The van der Waals surface area contributed by atoms with Gasteiger partial charge in [0, 0.05) is 57.3 Å². The number of anilines is 1. The van der Waals surface area contributed by atoms with Crippen LogP contribution in [0.3, 0.4) is 0 Å². The van der Waals surface area contributed by atoms with Crippen molar-refractivity contribution in [1.29, 1.82) is 0 Å². The molecule has 1 amide bonds. The molecular formula is C35H51N3O6. The summed E-state index contributed by atoms with van der Waals surface area (Å²) in [6.45, 7) is 9.95. The number of nitrogens with zero attached hydrogens (tertiary/aromatic N) is 1. The molecule has 0 saturated carbocycles. The average Bonchev–Trinajstić information content (AvgIpc) is 3.57. The van der Waals surface area contributed by atoms with Crippen molar-refractivity contribution in [3.8, 4) is 11.5 Å². The number of piperidine rings is 1. The van der Waals surface area contributed by atoms with Crippen molar-refractivity contribution in [2.45, 2.75) is 76.7 Å². The number of rotatable bonds is 14. The SMILES string of the molecule is COCCCN1CCOc2ccc(CO[C@H]3CN[C@H](CC(C)(C)C(=O)NC[C@@H]4CCCO4)C[C@@H]3c3ccc(OC)cc3)cc21. The first-order chi connectivity index (χ1) is 21.4. The summed E-state index contributed by atoms with van der Waals surface area (Å²) in [5, 5.41) is 6.87.